The van der Waals surface area contributed by atoms with Crippen LogP contribution in [0.1, 0.15) is 75.3 Å². The predicted octanol–water partition coefficient (Wildman–Crippen LogP) is 4.26. The highest BCUT2D eigenvalue weighted by Crippen LogP contribution is 2.58. The van der Waals surface area contributed by atoms with E-state index in [0.29, 0.717) is 18.6 Å². The minimum atomic E-state index is -0.437. The van der Waals surface area contributed by atoms with Crippen LogP contribution in [0, 0.1) is 18.3 Å². The molecule has 3 rings (SSSR count). The van der Waals surface area contributed by atoms with Gasteiger partial charge in [0.1, 0.15) is 5.78 Å². The van der Waals surface area contributed by atoms with Gasteiger partial charge < -0.3 is 5.11 Å². The largest absolute Gasteiger partial charge is 0.388 e. The first kappa shape index (κ1) is 15.7. The van der Waals surface area contributed by atoms with Gasteiger partial charge in [0.25, 0.3) is 0 Å². The number of ketones is 1. The van der Waals surface area contributed by atoms with Crippen molar-refractivity contribution in [1.29, 1.82) is 0 Å². The molecule has 0 amide bonds. The highest BCUT2D eigenvalue weighted by molar-refractivity contribution is 5.86. The van der Waals surface area contributed by atoms with Crippen molar-refractivity contribution in [2.24, 2.45) is 11.3 Å². The number of fused-ring (bicyclic) bond motifs is 3. The number of aliphatic hydroxyl groups excluding tert-OH is 1. The molecule has 0 bridgehead atoms. The zero-order valence-electron chi connectivity index (χ0n) is 14.5. The maximum absolute atomic E-state index is 12.4. The van der Waals surface area contributed by atoms with Crippen LogP contribution in [0.2, 0.25) is 0 Å². The van der Waals surface area contributed by atoms with Crippen molar-refractivity contribution < 1.29 is 9.90 Å². The normalized spacial score (nSPS) is 33.3. The third-order valence-corrected chi connectivity index (χ3v) is 6.58. The molecule has 22 heavy (non-hydrogen) atoms. The van der Waals surface area contributed by atoms with Crippen LogP contribution in [0.5, 0.6) is 0 Å². The van der Waals surface area contributed by atoms with E-state index in [0.717, 1.165) is 18.4 Å². The summed E-state index contributed by atoms with van der Waals surface area (Å²) < 4.78 is 0. The highest BCUT2D eigenvalue weighted by Gasteiger charge is 2.55. The lowest BCUT2D eigenvalue weighted by Gasteiger charge is -2.54. The number of benzene rings is 1. The van der Waals surface area contributed by atoms with Gasteiger partial charge >= 0.3 is 0 Å². The Kier molecular flexibility index (Phi) is 3.52. The first-order valence-electron chi connectivity index (χ1n) is 8.57. The Morgan fingerprint density at radius 3 is 2.59 bits per heavy atom. The molecule has 0 heterocycles. The summed E-state index contributed by atoms with van der Waals surface area (Å²) in [7, 11) is 0. The fourth-order valence-electron chi connectivity index (χ4n) is 5.20. The number of rotatable bonds is 1. The molecule has 0 aliphatic heterocycles. The van der Waals surface area contributed by atoms with Gasteiger partial charge in [-0.05, 0) is 59.8 Å². The SMILES string of the molecule is CCc1c(C)ccc2c1C(O)CC1C(C)(C)C(=O)CCC21C. The van der Waals surface area contributed by atoms with E-state index >= 15 is 0 Å². The molecular formula is C20H28O2. The second-order valence-electron chi connectivity index (χ2n) is 8.04. The van der Waals surface area contributed by atoms with Gasteiger partial charge in [-0.2, -0.15) is 0 Å². The molecule has 120 valence electrons. The summed E-state index contributed by atoms with van der Waals surface area (Å²) in [5.74, 6) is 0.574. The van der Waals surface area contributed by atoms with Crippen LogP contribution in [0.4, 0.5) is 0 Å². The van der Waals surface area contributed by atoms with Gasteiger partial charge in [-0.25, -0.2) is 0 Å². The van der Waals surface area contributed by atoms with E-state index < -0.39 is 6.10 Å². The molecule has 1 aromatic carbocycles. The van der Waals surface area contributed by atoms with Gasteiger partial charge in [0.2, 0.25) is 0 Å². The highest BCUT2D eigenvalue weighted by atomic mass is 16.3. The number of aryl methyl sites for hydroxylation is 1. The van der Waals surface area contributed by atoms with E-state index in [4.69, 9.17) is 0 Å². The molecule has 2 aliphatic rings. The average Bonchev–Trinajstić information content (AvgIpc) is 2.46. The molecule has 1 fully saturated rings. The molecule has 3 unspecified atom stereocenters. The summed E-state index contributed by atoms with van der Waals surface area (Å²) >= 11 is 0. The lowest BCUT2D eigenvalue weighted by atomic mass is 9.49. The number of hydrogen-bond donors (Lipinski definition) is 1. The second-order valence-corrected chi connectivity index (χ2v) is 8.04. The van der Waals surface area contributed by atoms with Crippen molar-refractivity contribution in [3.63, 3.8) is 0 Å². The van der Waals surface area contributed by atoms with Crippen LogP contribution < -0.4 is 0 Å². The molecule has 0 saturated heterocycles. The van der Waals surface area contributed by atoms with Crippen molar-refractivity contribution in [3.05, 3.63) is 34.4 Å². The fourth-order valence-corrected chi connectivity index (χ4v) is 5.20. The minimum absolute atomic E-state index is 0.00356. The Labute approximate surface area is 133 Å². The number of carbonyl (C=O) groups excluding carboxylic acids is 1. The zero-order valence-corrected chi connectivity index (χ0v) is 14.5. The van der Waals surface area contributed by atoms with Crippen LogP contribution in [-0.4, -0.2) is 10.9 Å². The summed E-state index contributed by atoms with van der Waals surface area (Å²) in [6.45, 7) is 10.8. The first-order chi connectivity index (χ1) is 10.2. The van der Waals surface area contributed by atoms with Crippen LogP contribution in [0.15, 0.2) is 12.1 Å². The molecule has 2 nitrogen and oxygen atoms in total. The molecule has 3 atom stereocenters. The zero-order chi connectivity index (χ0) is 16.3. The number of hydrogen-bond acceptors (Lipinski definition) is 2. The molecule has 0 radical (unpaired) electrons. The van der Waals surface area contributed by atoms with Gasteiger partial charge in [-0.1, -0.05) is 39.8 Å². The summed E-state index contributed by atoms with van der Waals surface area (Å²) in [6, 6.07) is 4.41. The molecule has 0 spiro atoms. The van der Waals surface area contributed by atoms with Gasteiger partial charge in [0, 0.05) is 11.8 Å². The van der Waals surface area contributed by atoms with Crippen LogP contribution in [0.3, 0.4) is 0 Å². The topological polar surface area (TPSA) is 37.3 Å². The maximum Gasteiger partial charge on any atom is 0.138 e. The molecule has 2 aliphatic carbocycles. The Morgan fingerprint density at radius 1 is 1.27 bits per heavy atom. The maximum atomic E-state index is 12.4. The van der Waals surface area contributed by atoms with Gasteiger partial charge in [0.15, 0.2) is 0 Å². The third kappa shape index (κ3) is 1.93. The lowest BCUT2D eigenvalue weighted by molar-refractivity contribution is -0.138. The summed E-state index contributed by atoms with van der Waals surface area (Å²) in [5, 5.41) is 10.9. The molecule has 1 saturated carbocycles. The monoisotopic (exact) mass is 300 g/mol. The lowest BCUT2D eigenvalue weighted by Crippen LogP contribution is -2.53. The van der Waals surface area contributed by atoms with E-state index in [9.17, 15) is 9.90 Å². The van der Waals surface area contributed by atoms with Crippen molar-refractivity contribution in [3.8, 4) is 0 Å². The first-order valence-corrected chi connectivity index (χ1v) is 8.57. The summed E-state index contributed by atoms with van der Waals surface area (Å²) in [4.78, 5) is 12.4. The quantitative estimate of drug-likeness (QED) is 0.841. The average molecular weight is 300 g/mol. The summed E-state index contributed by atoms with van der Waals surface area (Å²) in [5.41, 5.74) is 4.69. The molecule has 0 aromatic heterocycles. The number of carbonyl (C=O) groups is 1. The van der Waals surface area contributed by atoms with E-state index in [1.165, 1.54) is 16.7 Å². The van der Waals surface area contributed by atoms with E-state index in [-0.39, 0.29) is 16.7 Å². The van der Waals surface area contributed by atoms with E-state index in [2.05, 4.69) is 46.8 Å². The van der Waals surface area contributed by atoms with Gasteiger partial charge in [-0.3, -0.25) is 4.79 Å². The second kappa shape index (κ2) is 4.92. The van der Waals surface area contributed by atoms with E-state index in [1.54, 1.807) is 0 Å². The molecular weight excluding hydrogens is 272 g/mol. The molecule has 2 heteroatoms. The molecule has 1 aromatic rings. The van der Waals surface area contributed by atoms with Crippen LogP contribution in [-0.2, 0) is 16.6 Å². The van der Waals surface area contributed by atoms with Crippen LogP contribution >= 0.6 is 0 Å². The Bertz CT molecular complexity index is 629. The molecule has 1 N–H and O–H groups in total. The summed E-state index contributed by atoms with van der Waals surface area (Å²) in [6.07, 6.45) is 2.79. The Balaban J connectivity index is 2.23. The predicted molar refractivity (Wildman–Crippen MR) is 89.0 cm³/mol. The fraction of sp³-hybridized carbons (Fsp3) is 0.650. The minimum Gasteiger partial charge on any atom is -0.388 e. The number of aliphatic hydroxyl groups is 1. The van der Waals surface area contributed by atoms with Crippen molar-refractivity contribution >= 4 is 5.78 Å². The van der Waals surface area contributed by atoms with Gasteiger partial charge in [-0.15, -0.1) is 0 Å². The standard InChI is InChI=1S/C20H28O2/c1-6-13-12(2)7-8-14-18(13)15(21)11-16-19(3,4)17(22)9-10-20(14,16)5/h7-8,15-16,21H,6,9-11H2,1-5H3. The van der Waals surface area contributed by atoms with Crippen molar-refractivity contribution in [1.82, 2.24) is 0 Å². The smallest absolute Gasteiger partial charge is 0.138 e. The van der Waals surface area contributed by atoms with E-state index in [1.807, 2.05) is 0 Å². The Hall–Kier alpha value is -1.15. The Morgan fingerprint density at radius 2 is 1.95 bits per heavy atom. The van der Waals surface area contributed by atoms with Crippen molar-refractivity contribution in [2.75, 3.05) is 0 Å². The van der Waals surface area contributed by atoms with Gasteiger partial charge in [0.05, 0.1) is 6.10 Å². The number of Topliss-reactive ketones (excluding diaryl/α,β-unsaturated/α-hetero) is 1. The van der Waals surface area contributed by atoms with Crippen LogP contribution in [0.25, 0.3) is 0 Å². The third-order valence-electron chi connectivity index (χ3n) is 6.58. The van der Waals surface area contributed by atoms with Crippen molar-refractivity contribution in [2.45, 2.75) is 71.8 Å².